The highest BCUT2D eigenvalue weighted by Crippen LogP contribution is 2.22. The molecule has 0 aromatic carbocycles. The van der Waals surface area contributed by atoms with Gasteiger partial charge >= 0.3 is 0 Å². The number of hydrogen-bond donors (Lipinski definition) is 1. The molecule has 0 bridgehead atoms. The summed E-state index contributed by atoms with van der Waals surface area (Å²) in [5.74, 6) is 0.760. The zero-order valence-electron chi connectivity index (χ0n) is 15.0. The van der Waals surface area contributed by atoms with Crippen LogP contribution in [0.1, 0.15) is 97.9 Å². The van der Waals surface area contributed by atoms with E-state index in [4.69, 9.17) is 0 Å². The molecule has 1 fully saturated rings. The minimum absolute atomic E-state index is 0. The fraction of sp³-hybridized carbons (Fsp3) is 1.00. The Bertz CT molecular complexity index is 144. The molecular weight excluding hydrogens is 256 g/mol. The average Bonchev–Trinajstić information content (AvgIpc) is 2.47. The fourth-order valence-corrected chi connectivity index (χ4v) is 2.13. The Labute approximate surface area is 140 Å². The van der Waals surface area contributed by atoms with Crippen molar-refractivity contribution in [2.45, 2.75) is 116 Å². The van der Waals surface area contributed by atoms with Gasteiger partial charge in [-0.2, -0.15) is 0 Å². The van der Waals surface area contributed by atoms with Gasteiger partial charge in [0.2, 0.25) is 0 Å². The summed E-state index contributed by atoms with van der Waals surface area (Å²) in [5.41, 5.74) is 0. The Morgan fingerprint density at radius 2 is 1.14 bits per heavy atom. The minimum Gasteiger partial charge on any atom is -0.299 e. The van der Waals surface area contributed by atoms with E-state index in [2.05, 4.69) is 45.0 Å². The van der Waals surface area contributed by atoms with Gasteiger partial charge in [-0.3, -0.25) is 10.2 Å². The standard InChI is InChI=1S/C10H22N2.3C2H6.3CH4/c1-6-10-7(2)8(3)12(5)9(4)11-10;3*1-2;;;/h7-11H,6H2,1-5H3;3*1-2H3;3*1H4/t7-,8+,9?,10-;;;;;;/m1....../s1. The Morgan fingerprint density at radius 3 is 1.43 bits per heavy atom. The minimum atomic E-state index is 0. The third kappa shape index (κ3) is 13.3. The van der Waals surface area contributed by atoms with Gasteiger partial charge in [0, 0.05) is 12.1 Å². The molecule has 4 atom stereocenters. The number of nitrogens with one attached hydrogen (secondary N) is 1. The quantitative estimate of drug-likeness (QED) is 0.582. The Balaban J connectivity index is -0.0000000559. The predicted octanol–water partition coefficient (Wildman–Crippen LogP) is 6.66. The molecule has 1 saturated heterocycles. The van der Waals surface area contributed by atoms with Crippen LogP contribution in [0.5, 0.6) is 0 Å². The van der Waals surface area contributed by atoms with Gasteiger partial charge in [-0.05, 0) is 33.2 Å². The SMILES string of the molecule is C.C.C.CC.CC.CC.CC[C@H]1NC(C)N(C)[C@@H](C)[C@H]1C. The van der Waals surface area contributed by atoms with E-state index in [1.54, 1.807) is 0 Å². The zero-order chi connectivity index (χ0) is 15.3. The lowest BCUT2D eigenvalue weighted by Gasteiger charge is -2.45. The lowest BCUT2D eigenvalue weighted by atomic mass is 9.89. The fourth-order valence-electron chi connectivity index (χ4n) is 2.13. The van der Waals surface area contributed by atoms with Crippen LogP contribution in [0.4, 0.5) is 0 Å². The van der Waals surface area contributed by atoms with E-state index in [-0.39, 0.29) is 22.3 Å². The van der Waals surface area contributed by atoms with Crippen LogP contribution < -0.4 is 5.32 Å². The van der Waals surface area contributed by atoms with Crippen LogP contribution in [0.3, 0.4) is 0 Å². The first-order valence-electron chi connectivity index (χ1n) is 8.06. The van der Waals surface area contributed by atoms with Crippen molar-refractivity contribution < 1.29 is 0 Å². The van der Waals surface area contributed by atoms with Crippen molar-refractivity contribution in [3.8, 4) is 0 Å². The molecule has 1 heterocycles. The van der Waals surface area contributed by atoms with Gasteiger partial charge in [-0.1, -0.05) is 77.7 Å². The van der Waals surface area contributed by atoms with Crippen LogP contribution in [-0.4, -0.2) is 30.2 Å². The summed E-state index contributed by atoms with van der Waals surface area (Å²) in [4.78, 5) is 2.41. The summed E-state index contributed by atoms with van der Waals surface area (Å²) in [5, 5.41) is 3.62. The van der Waals surface area contributed by atoms with Crippen molar-refractivity contribution in [2.75, 3.05) is 7.05 Å². The summed E-state index contributed by atoms with van der Waals surface area (Å²) in [6.07, 6.45) is 1.77. The highest BCUT2D eigenvalue weighted by molar-refractivity contribution is 4.88. The van der Waals surface area contributed by atoms with Crippen LogP contribution >= 0.6 is 0 Å². The lowest BCUT2D eigenvalue weighted by Crippen LogP contribution is -2.60. The molecule has 0 amide bonds. The summed E-state index contributed by atoms with van der Waals surface area (Å²) in [7, 11) is 2.20. The Morgan fingerprint density at radius 1 is 0.810 bits per heavy atom. The summed E-state index contributed by atoms with van der Waals surface area (Å²) >= 11 is 0. The summed E-state index contributed by atoms with van der Waals surface area (Å²) in [6.45, 7) is 21.2. The molecule has 2 heteroatoms. The van der Waals surface area contributed by atoms with Crippen molar-refractivity contribution >= 4 is 0 Å². The molecule has 0 saturated carbocycles. The van der Waals surface area contributed by atoms with Crippen LogP contribution in [-0.2, 0) is 0 Å². The third-order valence-electron chi connectivity index (χ3n) is 3.54. The second-order valence-corrected chi connectivity index (χ2v) is 4.12. The average molecular weight is 309 g/mol. The molecule has 0 spiro atoms. The normalized spacial score (nSPS) is 26.4. The second-order valence-electron chi connectivity index (χ2n) is 4.12. The topological polar surface area (TPSA) is 15.3 Å². The van der Waals surface area contributed by atoms with Gasteiger partial charge in [0.1, 0.15) is 0 Å². The number of nitrogens with zero attached hydrogens (tertiary/aromatic N) is 1. The molecule has 1 aliphatic rings. The largest absolute Gasteiger partial charge is 0.299 e. The van der Waals surface area contributed by atoms with Gasteiger partial charge in [0.25, 0.3) is 0 Å². The van der Waals surface area contributed by atoms with Crippen LogP contribution in [0, 0.1) is 5.92 Å². The van der Waals surface area contributed by atoms with Crippen molar-refractivity contribution in [1.29, 1.82) is 0 Å². The summed E-state index contributed by atoms with van der Waals surface area (Å²) < 4.78 is 0. The maximum absolute atomic E-state index is 3.62. The molecule has 138 valence electrons. The molecule has 1 rings (SSSR count). The molecule has 1 aliphatic heterocycles. The van der Waals surface area contributed by atoms with E-state index in [1.807, 2.05) is 41.5 Å². The maximum Gasteiger partial charge on any atom is 0.0570 e. The molecule has 0 aromatic rings. The van der Waals surface area contributed by atoms with E-state index in [9.17, 15) is 0 Å². The van der Waals surface area contributed by atoms with Gasteiger partial charge in [-0.25, -0.2) is 0 Å². The van der Waals surface area contributed by atoms with Gasteiger partial charge in [0.05, 0.1) is 6.17 Å². The molecule has 0 aromatic heterocycles. The number of hydrogen-bond acceptors (Lipinski definition) is 2. The van der Waals surface area contributed by atoms with Crippen molar-refractivity contribution in [3.63, 3.8) is 0 Å². The molecule has 1 unspecified atom stereocenters. The van der Waals surface area contributed by atoms with E-state index in [0.29, 0.717) is 18.2 Å². The van der Waals surface area contributed by atoms with E-state index < -0.39 is 0 Å². The molecule has 21 heavy (non-hydrogen) atoms. The molecule has 1 N–H and O–H groups in total. The van der Waals surface area contributed by atoms with Crippen LogP contribution in [0.25, 0.3) is 0 Å². The monoisotopic (exact) mass is 308 g/mol. The van der Waals surface area contributed by atoms with Gasteiger partial charge < -0.3 is 0 Å². The van der Waals surface area contributed by atoms with Crippen LogP contribution in [0.2, 0.25) is 0 Å². The lowest BCUT2D eigenvalue weighted by molar-refractivity contribution is 0.0462. The second kappa shape index (κ2) is 24.9. The first-order valence-corrected chi connectivity index (χ1v) is 8.06. The first kappa shape index (κ1) is 37.3. The van der Waals surface area contributed by atoms with E-state index >= 15 is 0 Å². The highest BCUT2D eigenvalue weighted by Gasteiger charge is 2.32. The number of rotatable bonds is 1. The van der Waals surface area contributed by atoms with Crippen LogP contribution in [0.15, 0.2) is 0 Å². The predicted molar refractivity (Wildman–Crippen MR) is 107 cm³/mol. The highest BCUT2D eigenvalue weighted by atomic mass is 15.3. The molecule has 0 radical (unpaired) electrons. The zero-order valence-corrected chi connectivity index (χ0v) is 15.0. The van der Waals surface area contributed by atoms with Gasteiger partial charge in [0.15, 0.2) is 0 Å². The summed E-state index contributed by atoms with van der Waals surface area (Å²) in [6, 6.07) is 1.40. The van der Waals surface area contributed by atoms with Crippen molar-refractivity contribution in [1.82, 2.24) is 10.2 Å². The molecule has 2 nitrogen and oxygen atoms in total. The van der Waals surface area contributed by atoms with Gasteiger partial charge in [-0.15, -0.1) is 0 Å². The van der Waals surface area contributed by atoms with Crippen molar-refractivity contribution in [3.05, 3.63) is 0 Å². The first-order chi connectivity index (χ1) is 8.57. The third-order valence-corrected chi connectivity index (χ3v) is 3.54. The molecular formula is C19H52N2. The van der Waals surface area contributed by atoms with E-state index in [0.717, 1.165) is 5.92 Å². The van der Waals surface area contributed by atoms with Crippen molar-refractivity contribution in [2.24, 2.45) is 5.92 Å². The Hall–Kier alpha value is -0.0800. The maximum atomic E-state index is 3.62. The smallest absolute Gasteiger partial charge is 0.0570 e. The Kier molecular flexibility index (Phi) is 44.2. The van der Waals surface area contributed by atoms with E-state index in [1.165, 1.54) is 6.42 Å². The molecule has 0 aliphatic carbocycles.